The van der Waals surface area contributed by atoms with Gasteiger partial charge in [-0.1, -0.05) is 9.64 Å². The minimum atomic E-state index is -1.18. The summed E-state index contributed by atoms with van der Waals surface area (Å²) in [6.45, 7) is 0. The first-order valence-corrected chi connectivity index (χ1v) is 13.7. The zero-order valence-corrected chi connectivity index (χ0v) is 20.5. The number of anilines is 1. The van der Waals surface area contributed by atoms with Gasteiger partial charge in [-0.2, -0.15) is 0 Å². The van der Waals surface area contributed by atoms with Crippen molar-refractivity contribution < 1.29 is 24.3 Å². The van der Waals surface area contributed by atoms with Gasteiger partial charge in [-0.05, 0) is 29.9 Å². The fourth-order valence-corrected chi connectivity index (χ4v) is 6.74. The highest BCUT2D eigenvalue weighted by Gasteiger charge is 2.54. The molecule has 1 aliphatic carbocycles. The molecule has 0 aromatic carbocycles. The Labute approximate surface area is 209 Å². The van der Waals surface area contributed by atoms with Gasteiger partial charge in [0, 0.05) is 16.9 Å². The van der Waals surface area contributed by atoms with Crippen molar-refractivity contribution in [3.05, 3.63) is 28.5 Å². The van der Waals surface area contributed by atoms with Gasteiger partial charge in [0.1, 0.15) is 33.1 Å². The molecule has 12 nitrogen and oxygen atoms in total. The van der Waals surface area contributed by atoms with E-state index in [-0.39, 0.29) is 28.3 Å². The molecule has 178 valence electrons. The van der Waals surface area contributed by atoms with Gasteiger partial charge in [0.2, 0.25) is 0 Å². The van der Waals surface area contributed by atoms with E-state index in [0.717, 1.165) is 28.4 Å². The van der Waals surface area contributed by atoms with Crippen molar-refractivity contribution in [2.75, 3.05) is 17.2 Å². The summed E-state index contributed by atoms with van der Waals surface area (Å²) in [5.74, 6) is -1.50. The van der Waals surface area contributed by atoms with Crippen molar-refractivity contribution in [2.45, 2.75) is 34.6 Å². The second-order valence-electron chi connectivity index (χ2n) is 7.46. The lowest BCUT2D eigenvalue weighted by Gasteiger charge is -2.49. The van der Waals surface area contributed by atoms with E-state index < -0.39 is 29.2 Å². The monoisotopic (exact) mass is 539 g/mol. The Morgan fingerprint density at radius 2 is 2.24 bits per heavy atom. The van der Waals surface area contributed by atoms with Crippen molar-refractivity contribution in [1.29, 1.82) is 0 Å². The largest absolute Gasteiger partial charge is 0.477 e. The number of amides is 2. The summed E-state index contributed by atoms with van der Waals surface area (Å²) in [6.07, 6.45) is 3.29. The lowest BCUT2D eigenvalue weighted by atomic mass is 10.0. The molecule has 2 aromatic heterocycles. The molecule has 0 bridgehead atoms. The van der Waals surface area contributed by atoms with Crippen LogP contribution in [-0.4, -0.2) is 77.1 Å². The molecule has 16 heteroatoms. The van der Waals surface area contributed by atoms with Gasteiger partial charge < -0.3 is 21.0 Å². The molecule has 0 spiro atoms. The Balaban J connectivity index is 1.31. The van der Waals surface area contributed by atoms with E-state index in [0.29, 0.717) is 17.1 Å². The number of rotatable bonds is 9. The molecular formula is C18H17N7O5S4. The normalized spacial score (nSPS) is 22.3. The minimum absolute atomic E-state index is 0.0335. The van der Waals surface area contributed by atoms with Gasteiger partial charge in [-0.15, -0.1) is 40.0 Å². The molecule has 1 saturated heterocycles. The average molecular weight is 540 g/mol. The molecule has 4 heterocycles. The number of oxime groups is 1. The number of aromatic nitrogens is 3. The highest BCUT2D eigenvalue weighted by molar-refractivity contribution is 8.01. The van der Waals surface area contributed by atoms with Gasteiger partial charge >= 0.3 is 5.97 Å². The zero-order chi connectivity index (χ0) is 23.8. The molecule has 3 aliphatic rings. The molecule has 5 rings (SSSR count). The van der Waals surface area contributed by atoms with Crippen LogP contribution in [0.1, 0.15) is 18.5 Å². The van der Waals surface area contributed by atoms with E-state index in [2.05, 4.69) is 25.0 Å². The summed E-state index contributed by atoms with van der Waals surface area (Å²) in [4.78, 5) is 48.6. The highest BCUT2D eigenvalue weighted by atomic mass is 32.2. The zero-order valence-electron chi connectivity index (χ0n) is 17.2. The summed E-state index contributed by atoms with van der Waals surface area (Å²) >= 11 is 5.19. The van der Waals surface area contributed by atoms with Crippen LogP contribution in [0.5, 0.6) is 0 Å². The maximum atomic E-state index is 13.0. The van der Waals surface area contributed by atoms with E-state index in [1.54, 1.807) is 11.6 Å². The molecule has 2 atom stereocenters. The van der Waals surface area contributed by atoms with Crippen LogP contribution in [0.4, 0.5) is 5.13 Å². The maximum absolute atomic E-state index is 13.0. The molecular weight excluding hydrogens is 523 g/mol. The number of nitrogens with one attached hydrogen (secondary N) is 1. The first-order chi connectivity index (χ1) is 16.4. The van der Waals surface area contributed by atoms with Crippen molar-refractivity contribution in [3.8, 4) is 0 Å². The molecule has 0 radical (unpaired) electrons. The predicted octanol–water partition coefficient (Wildman–Crippen LogP) is 0.991. The Kier molecular flexibility index (Phi) is 6.46. The number of carbonyl (C=O) groups is 3. The Hall–Kier alpha value is -2.69. The first kappa shape index (κ1) is 23.1. The number of thioether (sulfide) groups is 2. The van der Waals surface area contributed by atoms with Crippen LogP contribution in [0.3, 0.4) is 0 Å². The van der Waals surface area contributed by atoms with Gasteiger partial charge in [0.05, 0.1) is 6.20 Å². The average Bonchev–Trinajstić information content (AvgIpc) is 3.30. The molecule has 2 fully saturated rings. The second-order valence-corrected chi connectivity index (χ2v) is 11.5. The predicted molar refractivity (Wildman–Crippen MR) is 127 cm³/mol. The Morgan fingerprint density at radius 3 is 2.88 bits per heavy atom. The van der Waals surface area contributed by atoms with Gasteiger partial charge in [0.15, 0.2) is 10.8 Å². The van der Waals surface area contributed by atoms with Crippen molar-refractivity contribution in [2.24, 2.45) is 5.16 Å². The number of nitrogen functional groups attached to an aromatic ring is 1. The van der Waals surface area contributed by atoms with Crippen LogP contribution in [-0.2, 0) is 19.2 Å². The molecule has 1 saturated carbocycles. The molecule has 0 unspecified atom stereocenters. The van der Waals surface area contributed by atoms with Crippen molar-refractivity contribution >= 4 is 75.0 Å². The van der Waals surface area contributed by atoms with Crippen LogP contribution < -0.4 is 11.1 Å². The third-order valence-electron chi connectivity index (χ3n) is 5.06. The summed E-state index contributed by atoms with van der Waals surface area (Å²) in [5, 5.41) is 21.5. The van der Waals surface area contributed by atoms with Crippen LogP contribution in [0.25, 0.3) is 0 Å². The summed E-state index contributed by atoms with van der Waals surface area (Å²) < 4.78 is 4.64. The van der Waals surface area contributed by atoms with Crippen LogP contribution >= 0.6 is 46.4 Å². The van der Waals surface area contributed by atoms with Crippen molar-refractivity contribution in [1.82, 2.24) is 24.8 Å². The summed E-state index contributed by atoms with van der Waals surface area (Å²) in [5.41, 5.74) is 6.46. The number of hydrogen-bond donors (Lipinski definition) is 3. The number of carboxylic acids is 1. The summed E-state index contributed by atoms with van der Waals surface area (Å²) in [7, 11) is 0. The van der Waals surface area contributed by atoms with E-state index >= 15 is 0 Å². The van der Waals surface area contributed by atoms with Gasteiger partial charge in [0.25, 0.3) is 11.8 Å². The number of fused-ring (bicyclic) bond motifs is 1. The lowest BCUT2D eigenvalue weighted by Crippen LogP contribution is -2.71. The molecule has 2 aliphatic heterocycles. The van der Waals surface area contributed by atoms with Gasteiger partial charge in [-0.3, -0.25) is 14.5 Å². The second kappa shape index (κ2) is 9.52. The quantitative estimate of drug-likeness (QED) is 0.179. The van der Waals surface area contributed by atoms with Crippen LogP contribution in [0, 0.1) is 0 Å². The smallest absolute Gasteiger partial charge is 0.352 e. The molecule has 2 amide bonds. The third-order valence-corrected chi connectivity index (χ3v) is 9.00. The topological polar surface area (TPSA) is 173 Å². The molecule has 4 N–H and O–H groups in total. The number of aliphatic carboxylic acids is 1. The number of nitrogens with zero attached hydrogens (tertiary/aromatic N) is 5. The first-order valence-electron chi connectivity index (χ1n) is 9.98. The standard InChI is InChI=1S/C18H17N7O5S4/c19-18-21-9(6-33-18)11(23-30-8-1-2-8)14(26)22-12-15(27)25-13(17(28)29)7(5-32-16(12)25)4-31-10-3-20-24-34-10/h3,6,8,12,16H,1-2,4-5H2,(H2,19,21)(H,22,26)(H,28,29)/t12-,16-/m1/s1. The third kappa shape index (κ3) is 4.62. The maximum Gasteiger partial charge on any atom is 0.352 e. The van der Waals surface area contributed by atoms with E-state index in [4.69, 9.17) is 10.6 Å². The number of thiazole rings is 1. The van der Waals surface area contributed by atoms with Crippen LogP contribution in [0.15, 0.2) is 32.2 Å². The minimum Gasteiger partial charge on any atom is -0.477 e. The molecule has 2 aromatic rings. The summed E-state index contributed by atoms with van der Waals surface area (Å²) in [6, 6.07) is -0.895. The highest BCUT2D eigenvalue weighted by Crippen LogP contribution is 2.41. The fourth-order valence-electron chi connectivity index (χ4n) is 3.29. The number of hydrogen-bond acceptors (Lipinski definition) is 13. The van der Waals surface area contributed by atoms with Crippen molar-refractivity contribution in [3.63, 3.8) is 0 Å². The Bertz CT molecular complexity index is 1190. The molecule has 34 heavy (non-hydrogen) atoms. The lowest BCUT2D eigenvalue weighted by molar-refractivity contribution is -0.150. The SMILES string of the molecule is Nc1nc(C(=NOC2CC2)C(=O)N[C@@H]2C(=O)N3C(C(=O)O)=C(CSc4cnns4)CS[C@H]23)cs1. The number of carboxylic acid groups (broad SMARTS) is 1. The fraction of sp³-hybridized carbons (Fsp3) is 0.389. The van der Waals surface area contributed by atoms with E-state index in [1.807, 2.05) is 0 Å². The van der Waals surface area contributed by atoms with E-state index in [1.165, 1.54) is 40.0 Å². The Morgan fingerprint density at radius 1 is 1.41 bits per heavy atom. The van der Waals surface area contributed by atoms with Gasteiger partial charge in [-0.25, -0.2) is 9.78 Å². The number of carbonyl (C=O) groups excluding carboxylic acids is 2. The number of nitrogens with two attached hydrogens (primary N) is 1. The number of β-lactam (4-membered cyclic amide) rings is 1. The van der Waals surface area contributed by atoms with E-state index in [9.17, 15) is 19.5 Å². The van der Waals surface area contributed by atoms with Crippen LogP contribution in [0.2, 0.25) is 0 Å².